The minimum absolute atomic E-state index is 0.0325. The molecule has 6 N–H and O–H groups in total. The molecule has 0 aromatic rings. The summed E-state index contributed by atoms with van der Waals surface area (Å²) in [6.45, 7) is 0.782. The van der Waals surface area contributed by atoms with Crippen LogP contribution in [0.2, 0.25) is 5.82 Å². The molecular weight excluding hydrogens is 327 g/mol. The van der Waals surface area contributed by atoms with Gasteiger partial charge in [0.25, 0.3) is 0 Å². The van der Waals surface area contributed by atoms with E-state index in [0.29, 0.717) is 0 Å². The molecule has 1 aliphatic rings. The second kappa shape index (κ2) is 10.2. The molecule has 1 fully saturated rings. The fraction of sp³-hybridized carbons (Fsp3) is 1.00. The van der Waals surface area contributed by atoms with Crippen LogP contribution in [0.25, 0.3) is 0 Å². The fourth-order valence-corrected chi connectivity index (χ4v) is 3.20. The van der Waals surface area contributed by atoms with Crippen molar-refractivity contribution in [3.8, 4) is 0 Å². The molecule has 0 aromatic carbocycles. The summed E-state index contributed by atoms with van der Waals surface area (Å²) in [5, 5.41) is 57.4. The molecule has 6 unspecified atom stereocenters. The molecule has 1 rings (SSSR count). The Bertz CT molecular complexity index is 335. The summed E-state index contributed by atoms with van der Waals surface area (Å²) in [6, 6.07) is 0. The maximum absolute atomic E-state index is 10.1. The minimum atomic E-state index is -1.04. The van der Waals surface area contributed by atoms with Crippen LogP contribution >= 0.6 is 11.8 Å². The Balaban J connectivity index is 2.44. The summed E-state index contributed by atoms with van der Waals surface area (Å²) >= 11 is 1.11. The van der Waals surface area contributed by atoms with E-state index in [0.717, 1.165) is 11.8 Å². The lowest BCUT2D eigenvalue weighted by atomic mass is 9.76. The smallest absolute Gasteiger partial charge is 0.131 e. The maximum atomic E-state index is 10.1. The topological polar surface area (TPSA) is 140 Å². The van der Waals surface area contributed by atoms with Crippen LogP contribution in [-0.2, 0) is 9.47 Å². The van der Waals surface area contributed by atoms with E-state index in [4.69, 9.17) is 14.6 Å². The highest BCUT2D eigenvalue weighted by Crippen LogP contribution is 2.28. The van der Waals surface area contributed by atoms with Crippen molar-refractivity contribution >= 4 is 19.6 Å². The first-order valence-electron chi connectivity index (χ1n) is 7.64. The molecule has 1 saturated heterocycles. The second-order valence-corrected chi connectivity index (χ2v) is 6.89. The third-order valence-electron chi connectivity index (χ3n) is 4.09. The number of hydrogen-bond donors (Lipinski definition) is 6. The van der Waals surface area contributed by atoms with Gasteiger partial charge < -0.3 is 40.1 Å². The van der Waals surface area contributed by atoms with E-state index in [2.05, 4.69) is 0 Å². The number of hydrogen-bond acceptors (Lipinski definition) is 9. The van der Waals surface area contributed by atoms with Crippen LogP contribution in [0.15, 0.2) is 0 Å². The third-order valence-corrected chi connectivity index (χ3v) is 5.12. The Morgan fingerprint density at radius 2 is 1.91 bits per heavy atom. The van der Waals surface area contributed by atoms with Gasteiger partial charge in [-0.05, 0) is 12.7 Å². The first kappa shape index (κ1) is 21.1. The Morgan fingerprint density at radius 3 is 2.43 bits per heavy atom. The minimum Gasteiger partial charge on any atom is -0.394 e. The van der Waals surface area contributed by atoms with Crippen molar-refractivity contribution in [2.45, 2.75) is 61.2 Å². The molecule has 8 atom stereocenters. The Morgan fingerprint density at radius 1 is 1.26 bits per heavy atom. The highest BCUT2D eigenvalue weighted by Gasteiger charge is 2.36. The maximum Gasteiger partial charge on any atom is 0.131 e. The molecule has 0 bridgehead atoms. The Kier molecular flexibility index (Phi) is 9.35. The number of aliphatic hydroxyl groups is 6. The molecule has 0 aromatic heterocycles. The van der Waals surface area contributed by atoms with E-state index in [9.17, 15) is 25.5 Å². The highest BCUT2D eigenvalue weighted by atomic mass is 32.2. The molecule has 0 amide bonds. The van der Waals surface area contributed by atoms with Crippen molar-refractivity contribution in [1.82, 2.24) is 0 Å². The average molecular weight is 354 g/mol. The van der Waals surface area contributed by atoms with Crippen LogP contribution in [0.4, 0.5) is 0 Å². The lowest BCUT2D eigenvalue weighted by Gasteiger charge is -2.36. The summed E-state index contributed by atoms with van der Waals surface area (Å²) in [6.07, 6.45) is -5.15. The largest absolute Gasteiger partial charge is 0.394 e. The number of ether oxygens (including phenoxy) is 2. The molecule has 136 valence electrons. The van der Waals surface area contributed by atoms with E-state index in [-0.39, 0.29) is 19.0 Å². The first-order valence-corrected chi connectivity index (χ1v) is 8.69. The van der Waals surface area contributed by atoms with E-state index >= 15 is 0 Å². The average Bonchev–Trinajstić information content (AvgIpc) is 2.51. The van der Waals surface area contributed by atoms with Crippen LogP contribution in [0.1, 0.15) is 13.3 Å². The molecule has 1 heterocycles. The van der Waals surface area contributed by atoms with E-state index in [1.54, 1.807) is 14.8 Å². The van der Waals surface area contributed by atoms with Gasteiger partial charge in [0, 0.05) is 12.5 Å². The number of thioether (sulfide) groups is 1. The molecule has 0 aliphatic carbocycles. The zero-order valence-corrected chi connectivity index (χ0v) is 14.2. The molecule has 0 saturated carbocycles. The summed E-state index contributed by atoms with van der Waals surface area (Å²) in [4.78, 5) is 0. The monoisotopic (exact) mass is 354 g/mol. The third kappa shape index (κ3) is 6.15. The van der Waals surface area contributed by atoms with Crippen molar-refractivity contribution in [1.29, 1.82) is 0 Å². The fourth-order valence-electron chi connectivity index (χ4n) is 2.26. The predicted octanol–water partition coefficient (Wildman–Crippen LogP) is -2.95. The van der Waals surface area contributed by atoms with Gasteiger partial charge in [-0.25, -0.2) is 0 Å². The normalized spacial score (nSPS) is 33.9. The van der Waals surface area contributed by atoms with Crippen molar-refractivity contribution < 1.29 is 40.1 Å². The molecular formula is C13H27BO8S. The Labute approximate surface area is 140 Å². The summed E-state index contributed by atoms with van der Waals surface area (Å²) < 4.78 is 10.8. The molecule has 23 heavy (non-hydrogen) atoms. The molecule has 0 radical (unpaired) electrons. The highest BCUT2D eigenvalue weighted by molar-refractivity contribution is 7.99. The summed E-state index contributed by atoms with van der Waals surface area (Å²) in [7, 11) is 1.65. The Hall–Kier alpha value is 0.0949. The van der Waals surface area contributed by atoms with Gasteiger partial charge >= 0.3 is 0 Å². The second-order valence-electron chi connectivity index (χ2n) is 5.86. The van der Waals surface area contributed by atoms with Gasteiger partial charge in [-0.3, -0.25) is 0 Å². The van der Waals surface area contributed by atoms with Crippen LogP contribution in [-0.4, -0.2) is 99.7 Å². The van der Waals surface area contributed by atoms with Gasteiger partial charge in [-0.15, -0.1) is 0 Å². The van der Waals surface area contributed by atoms with Gasteiger partial charge in [-0.2, -0.15) is 0 Å². The van der Waals surface area contributed by atoms with E-state index < -0.39 is 54.5 Å². The zero-order chi connectivity index (χ0) is 17.6. The quantitative estimate of drug-likeness (QED) is 0.189. The van der Waals surface area contributed by atoms with Gasteiger partial charge in [0.15, 0.2) is 0 Å². The van der Waals surface area contributed by atoms with Crippen molar-refractivity contribution in [3.05, 3.63) is 0 Å². The summed E-state index contributed by atoms with van der Waals surface area (Å²) in [5.41, 5.74) is -0.679. The van der Waals surface area contributed by atoms with E-state index in [1.807, 2.05) is 0 Å². The van der Waals surface area contributed by atoms with Crippen LogP contribution in [0.3, 0.4) is 0 Å². The SMILES string of the molecule is BC(C(O)[C@@H](CO)OCSC1OC(CO)C(O)CC1O)[C@H](C)O. The number of aliphatic hydroxyl groups excluding tert-OH is 6. The lowest BCUT2D eigenvalue weighted by Crippen LogP contribution is -2.47. The van der Waals surface area contributed by atoms with E-state index in [1.165, 1.54) is 0 Å². The van der Waals surface area contributed by atoms with Crippen LogP contribution < -0.4 is 0 Å². The van der Waals surface area contributed by atoms with Gasteiger partial charge in [-0.1, -0.05) is 11.8 Å². The van der Waals surface area contributed by atoms with Crippen LogP contribution in [0.5, 0.6) is 0 Å². The molecule has 1 aliphatic heterocycles. The predicted molar refractivity (Wildman–Crippen MR) is 86.8 cm³/mol. The van der Waals surface area contributed by atoms with Crippen molar-refractivity contribution in [2.24, 2.45) is 0 Å². The van der Waals surface area contributed by atoms with Gasteiger partial charge in [0.2, 0.25) is 0 Å². The standard InChI is InChI=1S/C13H27BO8S/c1-6(17)11(14)12(20)10(4-16)21-5-23-13-8(19)2-7(18)9(3-15)22-13/h6-13,15-20H,2-5,14H2,1H3/t6-,7?,8?,9?,10+,11?,12?,13?/m0/s1. The van der Waals surface area contributed by atoms with Crippen molar-refractivity contribution in [3.63, 3.8) is 0 Å². The molecule has 0 spiro atoms. The summed E-state index contributed by atoms with van der Waals surface area (Å²) in [5.74, 6) is -0.437. The van der Waals surface area contributed by atoms with Gasteiger partial charge in [0.05, 0.1) is 37.5 Å². The zero-order valence-electron chi connectivity index (χ0n) is 13.4. The first-order chi connectivity index (χ1) is 10.8. The molecule has 10 heteroatoms. The van der Waals surface area contributed by atoms with Crippen molar-refractivity contribution in [2.75, 3.05) is 19.2 Å². The lowest BCUT2D eigenvalue weighted by molar-refractivity contribution is -0.150. The number of rotatable bonds is 9. The van der Waals surface area contributed by atoms with Gasteiger partial charge in [0.1, 0.15) is 25.5 Å². The molecule has 8 nitrogen and oxygen atoms in total. The van der Waals surface area contributed by atoms with Crippen LogP contribution in [0, 0.1) is 0 Å².